The molecule has 3 rings (SSSR count). The van der Waals surface area contributed by atoms with Crippen molar-refractivity contribution >= 4 is 46.6 Å². The predicted molar refractivity (Wildman–Crippen MR) is 104 cm³/mol. The molecule has 0 fully saturated rings. The van der Waals surface area contributed by atoms with E-state index in [1.165, 1.54) is 11.8 Å². The number of carbonyl (C=O) groups is 1. The normalized spacial score (nSPS) is 10.8. The second-order valence-corrected chi connectivity index (χ2v) is 7.39. The van der Waals surface area contributed by atoms with Crippen LogP contribution in [0.4, 0.5) is 5.69 Å². The smallest absolute Gasteiger partial charge is 0.234 e. The zero-order chi connectivity index (χ0) is 18.7. The summed E-state index contributed by atoms with van der Waals surface area (Å²) in [5.41, 5.74) is 3.55. The van der Waals surface area contributed by atoms with Gasteiger partial charge in [0.2, 0.25) is 11.1 Å². The van der Waals surface area contributed by atoms with E-state index in [0.717, 1.165) is 16.8 Å². The molecule has 0 atom stereocenters. The topological polar surface area (TPSA) is 72.7 Å². The van der Waals surface area contributed by atoms with Crippen molar-refractivity contribution in [3.8, 4) is 5.69 Å². The zero-order valence-electron chi connectivity index (χ0n) is 14.0. The molecular formula is C17H15Cl2N5OS. The van der Waals surface area contributed by atoms with Gasteiger partial charge in [-0.15, -0.1) is 5.10 Å². The number of rotatable bonds is 5. The van der Waals surface area contributed by atoms with Crippen LogP contribution in [-0.4, -0.2) is 31.9 Å². The first-order valence-electron chi connectivity index (χ1n) is 7.68. The van der Waals surface area contributed by atoms with E-state index in [-0.39, 0.29) is 11.7 Å². The number of nitrogens with one attached hydrogen (secondary N) is 1. The fourth-order valence-electron chi connectivity index (χ4n) is 2.42. The number of amides is 1. The van der Waals surface area contributed by atoms with Crippen LogP contribution >= 0.6 is 35.0 Å². The minimum absolute atomic E-state index is 0.133. The maximum atomic E-state index is 12.2. The van der Waals surface area contributed by atoms with Crippen molar-refractivity contribution in [3.05, 3.63) is 57.6 Å². The van der Waals surface area contributed by atoms with Gasteiger partial charge in [0.15, 0.2) is 0 Å². The molecule has 1 heterocycles. The van der Waals surface area contributed by atoms with Gasteiger partial charge in [-0.2, -0.15) is 4.68 Å². The summed E-state index contributed by atoms with van der Waals surface area (Å²) < 4.78 is 1.62. The van der Waals surface area contributed by atoms with Crippen molar-refractivity contribution in [3.63, 3.8) is 0 Å². The molecule has 134 valence electrons. The summed E-state index contributed by atoms with van der Waals surface area (Å²) in [6.07, 6.45) is 0. The van der Waals surface area contributed by atoms with Crippen LogP contribution in [0.1, 0.15) is 11.1 Å². The summed E-state index contributed by atoms with van der Waals surface area (Å²) in [5, 5.41) is 15.7. The highest BCUT2D eigenvalue weighted by Gasteiger charge is 2.13. The van der Waals surface area contributed by atoms with E-state index in [2.05, 4.69) is 26.9 Å². The van der Waals surface area contributed by atoms with Gasteiger partial charge in [0.25, 0.3) is 0 Å². The number of halogens is 2. The highest BCUT2D eigenvalue weighted by Crippen LogP contribution is 2.29. The number of hydrogen-bond acceptors (Lipinski definition) is 5. The van der Waals surface area contributed by atoms with Crippen molar-refractivity contribution in [2.45, 2.75) is 19.0 Å². The van der Waals surface area contributed by atoms with Crippen LogP contribution in [-0.2, 0) is 4.79 Å². The largest absolute Gasteiger partial charge is 0.324 e. The van der Waals surface area contributed by atoms with Gasteiger partial charge in [0.05, 0.1) is 27.2 Å². The van der Waals surface area contributed by atoms with Crippen molar-refractivity contribution in [2.75, 3.05) is 11.1 Å². The lowest BCUT2D eigenvalue weighted by Gasteiger charge is -2.09. The first-order chi connectivity index (χ1) is 12.4. The van der Waals surface area contributed by atoms with Gasteiger partial charge >= 0.3 is 0 Å². The Bertz CT molecular complexity index is 940. The van der Waals surface area contributed by atoms with Crippen LogP contribution < -0.4 is 5.32 Å². The number of aromatic nitrogens is 4. The Morgan fingerprint density at radius 3 is 2.65 bits per heavy atom. The molecule has 1 N–H and O–H groups in total. The molecular weight excluding hydrogens is 393 g/mol. The molecule has 0 aliphatic carbocycles. The zero-order valence-corrected chi connectivity index (χ0v) is 16.4. The molecule has 1 amide bonds. The lowest BCUT2D eigenvalue weighted by molar-refractivity contribution is -0.113. The van der Waals surface area contributed by atoms with E-state index in [0.29, 0.717) is 20.9 Å². The quantitative estimate of drug-likeness (QED) is 0.637. The fourth-order valence-corrected chi connectivity index (χ4v) is 3.46. The Morgan fingerprint density at radius 1 is 1.19 bits per heavy atom. The number of carbonyl (C=O) groups excluding carboxylic acids is 1. The Kier molecular flexibility index (Phi) is 5.80. The number of anilines is 1. The highest BCUT2D eigenvalue weighted by molar-refractivity contribution is 7.99. The first-order valence-corrected chi connectivity index (χ1v) is 9.42. The minimum atomic E-state index is -0.228. The van der Waals surface area contributed by atoms with Crippen molar-refractivity contribution in [1.29, 1.82) is 0 Å². The van der Waals surface area contributed by atoms with Crippen LogP contribution in [0, 0.1) is 13.8 Å². The standard InChI is InChI=1S/C17H15Cl2N5OS/c1-10-6-11(2)8-12(7-10)24-17(21-22-23-24)26-9-15(25)20-14-5-3-4-13(18)16(14)19/h3-8H,9H2,1-2H3,(H,20,25). The summed E-state index contributed by atoms with van der Waals surface area (Å²) >= 11 is 13.3. The monoisotopic (exact) mass is 407 g/mol. The lowest BCUT2D eigenvalue weighted by Crippen LogP contribution is -2.15. The molecule has 0 bridgehead atoms. The third kappa shape index (κ3) is 4.35. The van der Waals surface area contributed by atoms with Crippen LogP contribution in [0.3, 0.4) is 0 Å². The Morgan fingerprint density at radius 2 is 1.92 bits per heavy atom. The third-order valence-corrected chi connectivity index (χ3v) is 5.19. The van der Waals surface area contributed by atoms with Gasteiger partial charge in [0, 0.05) is 0 Å². The summed E-state index contributed by atoms with van der Waals surface area (Å²) in [5.74, 6) is -0.0947. The Balaban J connectivity index is 1.70. The van der Waals surface area contributed by atoms with Crippen molar-refractivity contribution in [1.82, 2.24) is 20.2 Å². The molecule has 0 spiro atoms. The molecule has 0 saturated carbocycles. The summed E-state index contributed by atoms with van der Waals surface area (Å²) in [6.45, 7) is 4.02. The molecule has 0 radical (unpaired) electrons. The number of tetrazole rings is 1. The Hall–Kier alpha value is -2.09. The molecule has 0 saturated heterocycles. The second kappa shape index (κ2) is 8.07. The molecule has 0 unspecified atom stereocenters. The maximum Gasteiger partial charge on any atom is 0.234 e. The van der Waals surface area contributed by atoms with E-state index in [4.69, 9.17) is 23.2 Å². The molecule has 1 aromatic heterocycles. The van der Waals surface area contributed by atoms with Crippen LogP contribution in [0.5, 0.6) is 0 Å². The highest BCUT2D eigenvalue weighted by atomic mass is 35.5. The second-order valence-electron chi connectivity index (χ2n) is 5.66. The number of aryl methyl sites for hydroxylation is 2. The average Bonchev–Trinajstić information content (AvgIpc) is 3.05. The summed E-state index contributed by atoms with van der Waals surface area (Å²) in [6, 6.07) is 11.1. The van der Waals surface area contributed by atoms with Crippen LogP contribution in [0.2, 0.25) is 10.0 Å². The minimum Gasteiger partial charge on any atom is -0.324 e. The SMILES string of the molecule is Cc1cc(C)cc(-n2nnnc2SCC(=O)Nc2cccc(Cl)c2Cl)c1. The Labute approximate surface area is 164 Å². The molecule has 3 aromatic rings. The molecule has 2 aromatic carbocycles. The van der Waals surface area contributed by atoms with E-state index in [9.17, 15) is 4.79 Å². The number of thioether (sulfide) groups is 1. The van der Waals surface area contributed by atoms with Gasteiger partial charge < -0.3 is 5.32 Å². The molecule has 0 aliphatic heterocycles. The summed E-state index contributed by atoms with van der Waals surface area (Å²) in [7, 11) is 0. The maximum absolute atomic E-state index is 12.2. The lowest BCUT2D eigenvalue weighted by atomic mass is 10.1. The van der Waals surface area contributed by atoms with Gasteiger partial charge in [-0.3, -0.25) is 4.79 Å². The third-order valence-electron chi connectivity index (χ3n) is 3.45. The number of hydrogen-bond donors (Lipinski definition) is 1. The van der Waals surface area contributed by atoms with E-state index in [1.807, 2.05) is 26.0 Å². The van der Waals surface area contributed by atoms with Crippen molar-refractivity contribution < 1.29 is 4.79 Å². The molecule has 0 aliphatic rings. The number of nitrogens with zero attached hydrogens (tertiary/aromatic N) is 4. The summed E-state index contributed by atoms with van der Waals surface area (Å²) in [4.78, 5) is 12.2. The molecule has 9 heteroatoms. The van der Waals surface area contributed by atoms with Gasteiger partial charge in [-0.05, 0) is 59.7 Å². The van der Waals surface area contributed by atoms with Crippen LogP contribution in [0.15, 0.2) is 41.6 Å². The van der Waals surface area contributed by atoms with E-state index < -0.39 is 0 Å². The van der Waals surface area contributed by atoms with Gasteiger partial charge in [0.1, 0.15) is 0 Å². The number of benzene rings is 2. The fraction of sp³-hybridized carbons (Fsp3) is 0.176. The van der Waals surface area contributed by atoms with Crippen molar-refractivity contribution in [2.24, 2.45) is 0 Å². The average molecular weight is 408 g/mol. The first kappa shape index (κ1) is 18.7. The van der Waals surface area contributed by atoms with E-state index in [1.54, 1.807) is 22.9 Å². The van der Waals surface area contributed by atoms with Gasteiger partial charge in [-0.1, -0.05) is 47.1 Å². The predicted octanol–water partition coefficient (Wildman–Crippen LogP) is 4.32. The molecule has 26 heavy (non-hydrogen) atoms. The van der Waals surface area contributed by atoms with Gasteiger partial charge in [-0.25, -0.2) is 0 Å². The van der Waals surface area contributed by atoms with E-state index >= 15 is 0 Å². The molecule has 6 nitrogen and oxygen atoms in total. The van der Waals surface area contributed by atoms with Crippen LogP contribution in [0.25, 0.3) is 5.69 Å².